The quantitative estimate of drug-likeness (QED) is 0.636. The molecule has 1 atom stereocenters. The molecule has 0 saturated carbocycles. The van der Waals surface area contributed by atoms with E-state index in [0.29, 0.717) is 25.3 Å². The summed E-state index contributed by atoms with van der Waals surface area (Å²) in [4.78, 5) is 13.1. The van der Waals surface area contributed by atoms with Gasteiger partial charge in [-0.2, -0.15) is 4.31 Å². The molecule has 1 heterocycles. The van der Waals surface area contributed by atoms with Crippen LogP contribution in [0.5, 0.6) is 0 Å². The number of sulfonamides is 1. The summed E-state index contributed by atoms with van der Waals surface area (Å²) in [6.45, 7) is 9.15. The minimum absolute atomic E-state index is 0.0284. The smallest absolute Gasteiger partial charge is 0.251 e. The van der Waals surface area contributed by atoms with Gasteiger partial charge in [0.05, 0.1) is 17.6 Å². The molecule has 3 rings (SSSR count). The Morgan fingerprint density at radius 2 is 1.91 bits per heavy atom. The number of hydrogen-bond acceptors (Lipinski definition) is 4. The van der Waals surface area contributed by atoms with Crippen molar-refractivity contribution >= 4 is 15.9 Å². The average molecular weight is 459 g/mol. The summed E-state index contributed by atoms with van der Waals surface area (Å²) in [5.41, 5.74) is 3.14. The molecule has 174 valence electrons. The van der Waals surface area contributed by atoms with E-state index >= 15 is 0 Å². The van der Waals surface area contributed by atoms with E-state index in [1.165, 1.54) is 6.07 Å². The maximum Gasteiger partial charge on any atom is 0.251 e. The molecule has 0 radical (unpaired) electrons. The number of benzene rings is 2. The van der Waals surface area contributed by atoms with E-state index < -0.39 is 10.0 Å². The first kappa shape index (κ1) is 24.4. The zero-order valence-electron chi connectivity index (χ0n) is 19.4. The van der Waals surface area contributed by atoms with Gasteiger partial charge in [0.15, 0.2) is 0 Å². The van der Waals surface area contributed by atoms with Gasteiger partial charge in [-0.15, -0.1) is 0 Å². The number of nitrogens with one attached hydrogen (secondary N) is 1. The summed E-state index contributed by atoms with van der Waals surface area (Å²) in [5, 5.41) is 2.93. The van der Waals surface area contributed by atoms with Crippen molar-refractivity contribution in [2.24, 2.45) is 0 Å². The van der Waals surface area contributed by atoms with Gasteiger partial charge in [0.2, 0.25) is 10.0 Å². The van der Waals surface area contributed by atoms with Gasteiger partial charge in [-0.25, -0.2) is 8.42 Å². The number of nitrogens with zero attached hydrogens (tertiary/aromatic N) is 1. The Morgan fingerprint density at radius 3 is 2.62 bits per heavy atom. The van der Waals surface area contributed by atoms with Crippen molar-refractivity contribution in [3.63, 3.8) is 0 Å². The lowest BCUT2D eigenvalue weighted by Crippen LogP contribution is -2.42. The fourth-order valence-corrected chi connectivity index (χ4v) is 5.67. The molecule has 2 aromatic carbocycles. The molecule has 1 aliphatic rings. The lowest BCUT2D eigenvalue weighted by Gasteiger charge is -2.32. The second kappa shape index (κ2) is 10.6. The average Bonchev–Trinajstić information content (AvgIpc) is 2.76. The van der Waals surface area contributed by atoms with Crippen molar-refractivity contribution in [1.29, 1.82) is 0 Å². The van der Waals surface area contributed by atoms with Gasteiger partial charge >= 0.3 is 0 Å². The minimum atomic E-state index is -3.63. The molecule has 32 heavy (non-hydrogen) atoms. The second-order valence-electron chi connectivity index (χ2n) is 8.80. The molecule has 0 spiro atoms. The summed E-state index contributed by atoms with van der Waals surface area (Å²) in [7, 11) is -3.63. The second-order valence-corrected chi connectivity index (χ2v) is 10.7. The first-order chi connectivity index (χ1) is 15.2. The number of piperidine rings is 1. The van der Waals surface area contributed by atoms with Crippen LogP contribution in [0.3, 0.4) is 0 Å². The van der Waals surface area contributed by atoms with Crippen LogP contribution in [0.1, 0.15) is 67.1 Å². The first-order valence-electron chi connectivity index (χ1n) is 11.3. The van der Waals surface area contributed by atoms with Crippen LogP contribution in [0.4, 0.5) is 0 Å². The van der Waals surface area contributed by atoms with E-state index in [1.807, 2.05) is 52.0 Å². The van der Waals surface area contributed by atoms with Gasteiger partial charge in [-0.3, -0.25) is 4.79 Å². The van der Waals surface area contributed by atoms with Crippen LogP contribution in [0.2, 0.25) is 0 Å². The molecule has 1 fully saturated rings. The highest BCUT2D eigenvalue weighted by Gasteiger charge is 2.31. The molecule has 6 nitrogen and oxygen atoms in total. The van der Waals surface area contributed by atoms with E-state index in [4.69, 9.17) is 4.74 Å². The molecule has 1 aliphatic heterocycles. The molecule has 0 aromatic heterocycles. The Morgan fingerprint density at radius 1 is 1.16 bits per heavy atom. The number of aryl methyl sites for hydroxylation is 1. The van der Waals surface area contributed by atoms with Crippen LogP contribution < -0.4 is 5.32 Å². The molecular formula is C25H34N2O4S. The molecule has 1 unspecified atom stereocenters. The summed E-state index contributed by atoms with van der Waals surface area (Å²) in [6, 6.07) is 12.7. The van der Waals surface area contributed by atoms with Crippen LogP contribution in [0, 0.1) is 6.92 Å². The Kier molecular flexibility index (Phi) is 8.09. The van der Waals surface area contributed by atoms with Gasteiger partial charge in [0.25, 0.3) is 5.91 Å². The highest BCUT2D eigenvalue weighted by Crippen LogP contribution is 2.26. The van der Waals surface area contributed by atoms with Crippen LogP contribution in [0.15, 0.2) is 47.4 Å². The maximum absolute atomic E-state index is 13.2. The highest BCUT2D eigenvalue weighted by molar-refractivity contribution is 7.89. The standard InChI is InChI=1S/C25H34N2O4S/c1-18(2)31-17-22-10-7-9-21(14-22)16-26-25(28)24-15-23(12-11-19(24)3)32(29,30)27-13-6-5-8-20(27)4/h7,9-12,14-15,18,20H,5-6,8,13,16-17H2,1-4H3,(H,26,28). The van der Waals surface area contributed by atoms with Crippen molar-refractivity contribution in [1.82, 2.24) is 9.62 Å². The zero-order chi connectivity index (χ0) is 23.3. The lowest BCUT2D eigenvalue weighted by atomic mass is 10.1. The first-order valence-corrected chi connectivity index (χ1v) is 12.7. The fraction of sp³-hybridized carbons (Fsp3) is 0.480. The van der Waals surface area contributed by atoms with Crippen molar-refractivity contribution in [2.45, 2.75) is 77.2 Å². The van der Waals surface area contributed by atoms with Crippen LogP contribution in [-0.4, -0.2) is 37.3 Å². The Hall–Kier alpha value is -2.22. The normalized spacial score (nSPS) is 17.5. The zero-order valence-corrected chi connectivity index (χ0v) is 20.2. The third-order valence-corrected chi connectivity index (χ3v) is 7.84. The Labute approximate surface area is 192 Å². The summed E-state index contributed by atoms with van der Waals surface area (Å²) in [5.74, 6) is -0.282. The van der Waals surface area contributed by atoms with Gasteiger partial charge in [0, 0.05) is 24.7 Å². The Balaban J connectivity index is 1.73. The van der Waals surface area contributed by atoms with E-state index in [-0.39, 0.29) is 22.9 Å². The third-order valence-electron chi connectivity index (χ3n) is 5.83. The largest absolute Gasteiger partial charge is 0.374 e. The highest BCUT2D eigenvalue weighted by atomic mass is 32.2. The summed E-state index contributed by atoms with van der Waals surface area (Å²) in [6.07, 6.45) is 2.92. The topological polar surface area (TPSA) is 75.7 Å². The van der Waals surface area contributed by atoms with Gasteiger partial charge < -0.3 is 10.1 Å². The number of rotatable bonds is 8. The van der Waals surface area contributed by atoms with Crippen molar-refractivity contribution in [3.05, 3.63) is 64.7 Å². The van der Waals surface area contributed by atoms with Crippen LogP contribution in [-0.2, 0) is 27.9 Å². The van der Waals surface area contributed by atoms with Crippen molar-refractivity contribution < 1.29 is 17.9 Å². The fourth-order valence-electron chi connectivity index (χ4n) is 3.94. The molecule has 1 N–H and O–H groups in total. The molecular weight excluding hydrogens is 424 g/mol. The number of hydrogen-bond donors (Lipinski definition) is 1. The van der Waals surface area contributed by atoms with Crippen molar-refractivity contribution in [3.8, 4) is 0 Å². The lowest BCUT2D eigenvalue weighted by molar-refractivity contribution is 0.0657. The number of amides is 1. The molecule has 0 aliphatic carbocycles. The molecule has 0 bridgehead atoms. The number of carbonyl (C=O) groups excluding carboxylic acids is 1. The number of carbonyl (C=O) groups is 1. The van der Waals surface area contributed by atoms with Gasteiger partial charge in [0.1, 0.15) is 0 Å². The SMILES string of the molecule is Cc1ccc(S(=O)(=O)N2CCCCC2C)cc1C(=O)NCc1cccc(COC(C)C)c1. The van der Waals surface area contributed by atoms with Crippen molar-refractivity contribution in [2.75, 3.05) is 6.54 Å². The Bertz CT molecular complexity index is 1050. The van der Waals surface area contributed by atoms with E-state index in [9.17, 15) is 13.2 Å². The van der Waals surface area contributed by atoms with Gasteiger partial charge in [-0.05, 0) is 69.4 Å². The van der Waals surface area contributed by atoms with Crippen LogP contribution >= 0.6 is 0 Å². The van der Waals surface area contributed by atoms with E-state index in [1.54, 1.807) is 16.4 Å². The predicted octanol–water partition coefficient (Wildman–Crippen LogP) is 4.41. The van der Waals surface area contributed by atoms with Crippen LogP contribution in [0.25, 0.3) is 0 Å². The van der Waals surface area contributed by atoms with E-state index in [0.717, 1.165) is 36.0 Å². The monoisotopic (exact) mass is 458 g/mol. The number of ether oxygens (including phenoxy) is 1. The van der Waals surface area contributed by atoms with E-state index in [2.05, 4.69) is 5.32 Å². The molecule has 1 saturated heterocycles. The summed E-state index contributed by atoms with van der Waals surface area (Å²) < 4.78 is 33.6. The van der Waals surface area contributed by atoms with Gasteiger partial charge in [-0.1, -0.05) is 36.8 Å². The molecule has 2 aromatic rings. The third kappa shape index (κ3) is 5.97. The molecule has 7 heteroatoms. The molecule has 1 amide bonds. The minimum Gasteiger partial charge on any atom is -0.374 e. The maximum atomic E-state index is 13.2. The summed E-state index contributed by atoms with van der Waals surface area (Å²) >= 11 is 0. The predicted molar refractivity (Wildman–Crippen MR) is 126 cm³/mol.